The summed E-state index contributed by atoms with van der Waals surface area (Å²) >= 11 is 0. The number of urea groups is 1. The third-order valence-electron chi connectivity index (χ3n) is 6.39. The minimum absolute atomic E-state index is 0.0136. The molecule has 1 heterocycles. The van der Waals surface area contributed by atoms with Gasteiger partial charge in [-0.15, -0.1) is 0 Å². The normalized spacial score (nSPS) is 22.4. The van der Waals surface area contributed by atoms with Gasteiger partial charge in [-0.3, -0.25) is 0 Å². The second-order valence-corrected chi connectivity index (χ2v) is 8.85. The second kappa shape index (κ2) is 8.85. The van der Waals surface area contributed by atoms with Crippen LogP contribution in [0.4, 0.5) is 10.5 Å². The molecule has 2 aromatic rings. The van der Waals surface area contributed by atoms with E-state index < -0.39 is 0 Å². The summed E-state index contributed by atoms with van der Waals surface area (Å²) in [6.07, 6.45) is 13.7. The Morgan fingerprint density at radius 1 is 1.24 bits per heavy atom. The van der Waals surface area contributed by atoms with E-state index in [1.807, 2.05) is 29.6 Å². The summed E-state index contributed by atoms with van der Waals surface area (Å²) in [5.74, 6) is 2.45. The lowest BCUT2D eigenvalue weighted by molar-refractivity contribution is 0.193. The zero-order valence-corrected chi connectivity index (χ0v) is 17.5. The summed E-state index contributed by atoms with van der Waals surface area (Å²) in [5.41, 5.74) is 2.15. The summed E-state index contributed by atoms with van der Waals surface area (Å²) in [7, 11) is 0. The maximum Gasteiger partial charge on any atom is 0.321 e. The molecule has 1 aromatic carbocycles. The molecule has 2 aliphatic carbocycles. The monoisotopic (exact) mass is 392 g/mol. The Kier molecular flexibility index (Phi) is 6.02. The van der Waals surface area contributed by atoms with Gasteiger partial charge in [0, 0.05) is 37.7 Å². The Bertz CT molecular complexity index is 825. The van der Waals surface area contributed by atoms with E-state index in [9.17, 15) is 4.79 Å². The first-order valence-corrected chi connectivity index (χ1v) is 10.9. The molecule has 0 saturated heterocycles. The van der Waals surface area contributed by atoms with E-state index in [0.29, 0.717) is 17.8 Å². The van der Waals surface area contributed by atoms with E-state index in [0.717, 1.165) is 37.7 Å². The third-order valence-corrected chi connectivity index (χ3v) is 6.39. The summed E-state index contributed by atoms with van der Waals surface area (Å²) in [5, 5.41) is 3.12. The number of nitrogens with one attached hydrogen (secondary N) is 1. The number of amides is 2. The first kappa shape index (κ1) is 19.7. The van der Waals surface area contributed by atoms with Crippen molar-refractivity contribution in [2.45, 2.75) is 45.6 Å². The molecule has 0 radical (unpaired) electrons. The Morgan fingerprint density at radius 3 is 2.69 bits per heavy atom. The molecule has 0 aliphatic heterocycles. The number of anilines is 1. The summed E-state index contributed by atoms with van der Waals surface area (Å²) in [6.45, 7) is 6.83. The molecule has 1 N–H and O–H groups in total. The number of fused-ring (bicyclic) bond motifs is 2. The van der Waals surface area contributed by atoms with Crippen LogP contribution in [0.25, 0.3) is 0 Å². The molecular formula is C24H32N4O. The zero-order chi connectivity index (χ0) is 20.2. The van der Waals surface area contributed by atoms with Crippen molar-refractivity contribution >= 4 is 11.7 Å². The topological polar surface area (TPSA) is 50.2 Å². The fourth-order valence-corrected chi connectivity index (χ4v) is 4.68. The molecule has 1 aromatic heterocycles. The smallest absolute Gasteiger partial charge is 0.321 e. The molecule has 2 aliphatic rings. The van der Waals surface area contributed by atoms with Gasteiger partial charge >= 0.3 is 6.03 Å². The number of hydrogen-bond donors (Lipinski definition) is 1. The van der Waals surface area contributed by atoms with Crippen LogP contribution in [0.1, 0.15) is 44.6 Å². The number of allylic oxidation sites excluding steroid dienone is 2. The lowest BCUT2D eigenvalue weighted by atomic mass is 9.93. The van der Waals surface area contributed by atoms with Gasteiger partial charge in [0.05, 0.1) is 6.33 Å². The van der Waals surface area contributed by atoms with E-state index in [-0.39, 0.29) is 6.03 Å². The maximum atomic E-state index is 13.1. The van der Waals surface area contributed by atoms with Crippen LogP contribution in [0.15, 0.2) is 55.1 Å². The van der Waals surface area contributed by atoms with Gasteiger partial charge < -0.3 is 14.8 Å². The van der Waals surface area contributed by atoms with Gasteiger partial charge in [-0.05, 0) is 60.6 Å². The van der Waals surface area contributed by atoms with Crippen LogP contribution < -0.4 is 5.32 Å². The number of nitrogens with zero attached hydrogens (tertiary/aromatic N) is 3. The molecule has 3 atom stereocenters. The van der Waals surface area contributed by atoms with E-state index in [2.05, 4.69) is 53.0 Å². The Balaban J connectivity index is 1.38. The van der Waals surface area contributed by atoms with Crippen LogP contribution in [0.5, 0.6) is 0 Å². The van der Waals surface area contributed by atoms with E-state index in [4.69, 9.17) is 0 Å². The van der Waals surface area contributed by atoms with Crippen molar-refractivity contribution in [3.8, 4) is 0 Å². The van der Waals surface area contributed by atoms with Gasteiger partial charge in [0.15, 0.2) is 0 Å². The lowest BCUT2D eigenvalue weighted by Crippen LogP contribution is -2.40. The molecule has 1 saturated carbocycles. The average Bonchev–Trinajstić information content (AvgIpc) is 3.46. The number of aryl methyl sites for hydroxylation is 1. The van der Waals surface area contributed by atoms with E-state index >= 15 is 0 Å². The molecule has 2 bridgehead atoms. The van der Waals surface area contributed by atoms with Crippen molar-refractivity contribution in [3.05, 3.63) is 60.7 Å². The molecule has 4 rings (SSSR count). The number of aromatic nitrogens is 2. The highest BCUT2D eigenvalue weighted by molar-refractivity contribution is 5.89. The first-order chi connectivity index (χ1) is 14.1. The maximum absolute atomic E-state index is 13.1. The number of benzene rings is 1. The minimum Gasteiger partial charge on any atom is -0.337 e. The van der Waals surface area contributed by atoms with Crippen LogP contribution in [-0.2, 0) is 6.54 Å². The average molecular weight is 393 g/mol. The number of hydrogen-bond acceptors (Lipinski definition) is 2. The molecule has 3 unspecified atom stereocenters. The fraction of sp³-hybridized carbons (Fsp3) is 0.500. The number of rotatable bonds is 8. The van der Waals surface area contributed by atoms with Crippen molar-refractivity contribution in [2.24, 2.45) is 17.8 Å². The molecule has 5 nitrogen and oxygen atoms in total. The third kappa shape index (κ3) is 4.89. The van der Waals surface area contributed by atoms with Crippen molar-refractivity contribution in [2.75, 3.05) is 18.4 Å². The van der Waals surface area contributed by atoms with Crippen molar-refractivity contribution in [3.63, 3.8) is 0 Å². The number of imidazole rings is 1. The molecule has 154 valence electrons. The Labute approximate surface area is 173 Å². The van der Waals surface area contributed by atoms with Gasteiger partial charge in [0.1, 0.15) is 0 Å². The van der Waals surface area contributed by atoms with Crippen LogP contribution in [-0.4, -0.2) is 33.6 Å². The number of carbonyl (C=O) groups is 1. The molecule has 5 heteroatoms. The second-order valence-electron chi connectivity index (χ2n) is 8.85. The highest BCUT2D eigenvalue weighted by atomic mass is 16.2. The first-order valence-electron chi connectivity index (χ1n) is 10.9. The predicted octanol–water partition coefficient (Wildman–Crippen LogP) is 5.14. The number of carbonyl (C=O) groups excluding carboxylic acids is 1. The van der Waals surface area contributed by atoms with Crippen LogP contribution >= 0.6 is 0 Å². The molecular weight excluding hydrogens is 360 g/mol. The molecule has 0 spiro atoms. The minimum atomic E-state index is 0.0136. The van der Waals surface area contributed by atoms with Crippen molar-refractivity contribution < 1.29 is 4.79 Å². The van der Waals surface area contributed by atoms with Gasteiger partial charge in [0.25, 0.3) is 0 Å². The quantitative estimate of drug-likeness (QED) is 0.632. The van der Waals surface area contributed by atoms with Crippen LogP contribution in [0.3, 0.4) is 0 Å². The highest BCUT2D eigenvalue weighted by Crippen LogP contribution is 2.43. The van der Waals surface area contributed by atoms with Crippen molar-refractivity contribution in [1.29, 1.82) is 0 Å². The fourth-order valence-electron chi connectivity index (χ4n) is 4.68. The van der Waals surface area contributed by atoms with Crippen molar-refractivity contribution in [1.82, 2.24) is 14.5 Å². The van der Waals surface area contributed by atoms with E-state index in [1.165, 1.54) is 18.4 Å². The van der Waals surface area contributed by atoms with Gasteiger partial charge in [-0.2, -0.15) is 0 Å². The summed E-state index contributed by atoms with van der Waals surface area (Å²) < 4.78 is 2.07. The summed E-state index contributed by atoms with van der Waals surface area (Å²) in [4.78, 5) is 19.2. The lowest BCUT2D eigenvalue weighted by Gasteiger charge is -2.29. The van der Waals surface area contributed by atoms with Crippen LogP contribution in [0, 0.1) is 17.8 Å². The largest absolute Gasteiger partial charge is 0.337 e. The standard InChI is InChI=1S/C24H32N4O/c1-18(2)20-6-8-23(9-7-20)26-24(29)28(12-3-11-27-13-10-25-17-27)16-22-15-19-4-5-21(22)14-19/h4-10,13,17-19,21-22H,3,11-12,14-16H2,1-2H3,(H,26,29). The predicted molar refractivity (Wildman–Crippen MR) is 117 cm³/mol. The van der Waals surface area contributed by atoms with E-state index in [1.54, 1.807) is 6.20 Å². The molecule has 1 fully saturated rings. The zero-order valence-electron chi connectivity index (χ0n) is 17.5. The molecule has 29 heavy (non-hydrogen) atoms. The van der Waals surface area contributed by atoms with Gasteiger partial charge in [-0.1, -0.05) is 38.1 Å². The Morgan fingerprint density at radius 2 is 2.07 bits per heavy atom. The Hall–Kier alpha value is -2.56. The van der Waals surface area contributed by atoms with Gasteiger partial charge in [0.2, 0.25) is 0 Å². The highest BCUT2D eigenvalue weighted by Gasteiger charge is 2.37. The van der Waals surface area contributed by atoms with Gasteiger partial charge in [-0.25, -0.2) is 9.78 Å². The molecule has 2 amide bonds. The summed E-state index contributed by atoms with van der Waals surface area (Å²) in [6, 6.07) is 8.24. The van der Waals surface area contributed by atoms with Crippen LogP contribution in [0.2, 0.25) is 0 Å². The SMILES string of the molecule is CC(C)c1ccc(NC(=O)N(CCCn2ccnc2)CC2CC3C=CC2C3)cc1.